The van der Waals surface area contributed by atoms with Gasteiger partial charge in [-0.3, -0.25) is 9.59 Å². The smallest absolute Gasteiger partial charge is 0.243 e. The molecule has 2 aromatic rings. The molecule has 0 saturated heterocycles. The first kappa shape index (κ1) is 24.2. The van der Waals surface area contributed by atoms with Gasteiger partial charge in [-0.25, -0.2) is 0 Å². The molecule has 1 N–H and O–H groups in total. The lowest BCUT2D eigenvalue weighted by molar-refractivity contribution is -0.141. The molecule has 2 rings (SSSR count). The minimum Gasteiger partial charge on any atom is -0.352 e. The van der Waals surface area contributed by atoms with Gasteiger partial charge < -0.3 is 10.2 Å². The lowest BCUT2D eigenvalue weighted by Crippen LogP contribution is -2.51. The van der Waals surface area contributed by atoms with Crippen LogP contribution in [0.1, 0.15) is 50.3 Å². The second kappa shape index (κ2) is 11.4. The van der Waals surface area contributed by atoms with Crippen molar-refractivity contribution in [2.24, 2.45) is 0 Å². The van der Waals surface area contributed by atoms with Gasteiger partial charge in [-0.05, 0) is 49.9 Å². The number of amides is 2. The predicted octanol–water partition coefficient (Wildman–Crippen LogP) is 5.57. The highest BCUT2D eigenvalue weighted by molar-refractivity contribution is 6.35. The van der Waals surface area contributed by atoms with E-state index in [-0.39, 0.29) is 24.3 Å². The number of carbonyl (C=O) groups excluding carboxylic acids is 2. The van der Waals surface area contributed by atoms with Crippen molar-refractivity contribution in [1.82, 2.24) is 10.2 Å². The van der Waals surface area contributed by atoms with E-state index < -0.39 is 6.04 Å². The molecule has 6 heteroatoms. The van der Waals surface area contributed by atoms with E-state index in [1.807, 2.05) is 52.0 Å². The van der Waals surface area contributed by atoms with E-state index in [9.17, 15) is 9.59 Å². The zero-order chi connectivity index (χ0) is 22.3. The molecule has 162 valence electrons. The van der Waals surface area contributed by atoms with Crippen LogP contribution in [-0.4, -0.2) is 28.8 Å². The van der Waals surface area contributed by atoms with Crippen LogP contribution in [0.4, 0.5) is 0 Å². The lowest BCUT2D eigenvalue weighted by atomic mass is 10.1. The monoisotopic (exact) mass is 448 g/mol. The van der Waals surface area contributed by atoms with Gasteiger partial charge >= 0.3 is 0 Å². The molecule has 2 atom stereocenters. The fraction of sp³-hybridized carbons (Fsp3) is 0.417. The third-order valence-corrected chi connectivity index (χ3v) is 5.80. The first-order chi connectivity index (χ1) is 14.2. The molecular weight excluding hydrogens is 419 g/mol. The molecule has 0 aliphatic heterocycles. The zero-order valence-electron chi connectivity index (χ0n) is 18.0. The van der Waals surface area contributed by atoms with E-state index in [1.165, 1.54) is 0 Å². The Balaban J connectivity index is 2.31. The van der Waals surface area contributed by atoms with E-state index in [2.05, 4.69) is 5.32 Å². The van der Waals surface area contributed by atoms with E-state index >= 15 is 0 Å². The Bertz CT molecular complexity index is 868. The first-order valence-electron chi connectivity index (χ1n) is 10.3. The summed E-state index contributed by atoms with van der Waals surface area (Å²) in [5, 5.41) is 3.99. The molecule has 2 aromatic carbocycles. The number of hydrogen-bond donors (Lipinski definition) is 1. The van der Waals surface area contributed by atoms with Crippen molar-refractivity contribution in [3.05, 3.63) is 69.2 Å². The van der Waals surface area contributed by atoms with Crippen LogP contribution in [0.15, 0.2) is 42.5 Å². The zero-order valence-corrected chi connectivity index (χ0v) is 19.6. The number of benzene rings is 2. The number of aryl methyl sites for hydroxylation is 1. The molecule has 2 amide bonds. The first-order valence-corrected chi connectivity index (χ1v) is 11.1. The summed E-state index contributed by atoms with van der Waals surface area (Å²) in [4.78, 5) is 27.9. The minimum absolute atomic E-state index is 0.0496. The summed E-state index contributed by atoms with van der Waals surface area (Å²) >= 11 is 12.3. The Morgan fingerprint density at radius 2 is 1.70 bits per heavy atom. The van der Waals surface area contributed by atoms with E-state index in [4.69, 9.17) is 23.2 Å². The van der Waals surface area contributed by atoms with Crippen molar-refractivity contribution in [1.29, 1.82) is 0 Å². The molecule has 0 aliphatic rings. The number of nitrogens with one attached hydrogen (secondary N) is 1. The molecule has 0 bridgehead atoms. The quantitative estimate of drug-likeness (QED) is 0.545. The summed E-state index contributed by atoms with van der Waals surface area (Å²) < 4.78 is 0. The highest BCUT2D eigenvalue weighted by Gasteiger charge is 2.29. The SMILES string of the molecule is CCC(C)NC(=O)C(CC)N(Cc1ccc(C)cc1)C(=O)Cc1ccc(Cl)cc1Cl. The van der Waals surface area contributed by atoms with Gasteiger partial charge in [0.15, 0.2) is 0 Å². The van der Waals surface area contributed by atoms with Gasteiger partial charge in [0.25, 0.3) is 0 Å². The van der Waals surface area contributed by atoms with Crippen LogP contribution in [0, 0.1) is 6.92 Å². The molecular formula is C24H30Cl2N2O2. The Morgan fingerprint density at radius 3 is 2.27 bits per heavy atom. The molecule has 0 spiro atoms. The van der Waals surface area contributed by atoms with E-state index in [0.717, 1.165) is 17.5 Å². The molecule has 4 nitrogen and oxygen atoms in total. The second-order valence-corrected chi connectivity index (χ2v) is 8.51. The molecule has 0 aliphatic carbocycles. The van der Waals surface area contributed by atoms with Crippen molar-refractivity contribution in [3.63, 3.8) is 0 Å². The number of rotatable bonds is 9. The lowest BCUT2D eigenvalue weighted by Gasteiger charge is -2.31. The summed E-state index contributed by atoms with van der Waals surface area (Å²) in [5.41, 5.74) is 2.81. The number of hydrogen-bond acceptors (Lipinski definition) is 2. The Kier molecular flexibility index (Phi) is 9.19. The summed E-state index contributed by atoms with van der Waals surface area (Å²) in [6.45, 7) is 8.28. The molecule has 0 saturated carbocycles. The maximum absolute atomic E-state index is 13.3. The largest absolute Gasteiger partial charge is 0.352 e. The van der Waals surface area contributed by atoms with Crippen LogP contribution in [0.5, 0.6) is 0 Å². The summed E-state index contributed by atoms with van der Waals surface area (Å²) in [6, 6.07) is 12.6. The summed E-state index contributed by atoms with van der Waals surface area (Å²) in [6.07, 6.45) is 1.46. The van der Waals surface area contributed by atoms with Crippen molar-refractivity contribution in [2.75, 3.05) is 0 Å². The van der Waals surface area contributed by atoms with Crippen LogP contribution in [-0.2, 0) is 22.6 Å². The molecule has 0 aromatic heterocycles. The molecule has 0 heterocycles. The topological polar surface area (TPSA) is 49.4 Å². The van der Waals surface area contributed by atoms with Gasteiger partial charge in [0, 0.05) is 22.6 Å². The normalized spacial score (nSPS) is 12.9. The van der Waals surface area contributed by atoms with E-state index in [1.54, 1.807) is 23.1 Å². The average Bonchev–Trinajstić information content (AvgIpc) is 2.71. The van der Waals surface area contributed by atoms with Gasteiger partial charge in [-0.1, -0.05) is 72.9 Å². The average molecular weight is 449 g/mol. The van der Waals surface area contributed by atoms with Crippen LogP contribution in [0.25, 0.3) is 0 Å². The van der Waals surface area contributed by atoms with Crippen molar-refractivity contribution in [2.45, 2.75) is 65.6 Å². The molecule has 30 heavy (non-hydrogen) atoms. The van der Waals surface area contributed by atoms with Crippen molar-refractivity contribution < 1.29 is 9.59 Å². The number of carbonyl (C=O) groups is 2. The van der Waals surface area contributed by atoms with Crippen LogP contribution < -0.4 is 5.32 Å². The highest BCUT2D eigenvalue weighted by atomic mass is 35.5. The summed E-state index contributed by atoms with van der Waals surface area (Å²) in [5.74, 6) is -0.277. The van der Waals surface area contributed by atoms with Crippen molar-refractivity contribution >= 4 is 35.0 Å². The molecule has 0 fully saturated rings. The Morgan fingerprint density at radius 1 is 1.03 bits per heavy atom. The standard InChI is InChI=1S/C24H30Cl2N2O2/c1-5-17(4)27-24(30)22(6-2)28(15-18-9-7-16(3)8-10-18)23(29)13-19-11-12-20(25)14-21(19)26/h7-12,14,17,22H,5-6,13,15H2,1-4H3,(H,27,30). The molecule has 2 unspecified atom stereocenters. The van der Waals surface area contributed by atoms with Gasteiger partial charge in [-0.2, -0.15) is 0 Å². The highest BCUT2D eigenvalue weighted by Crippen LogP contribution is 2.23. The van der Waals surface area contributed by atoms with Crippen LogP contribution in [0.3, 0.4) is 0 Å². The number of halogens is 2. The van der Waals surface area contributed by atoms with Gasteiger partial charge in [0.05, 0.1) is 6.42 Å². The Labute approximate surface area is 189 Å². The van der Waals surface area contributed by atoms with Crippen LogP contribution >= 0.6 is 23.2 Å². The minimum atomic E-state index is -0.557. The van der Waals surface area contributed by atoms with E-state index in [0.29, 0.717) is 28.6 Å². The molecule has 0 radical (unpaired) electrons. The van der Waals surface area contributed by atoms with Gasteiger partial charge in [0.1, 0.15) is 6.04 Å². The maximum Gasteiger partial charge on any atom is 0.243 e. The van der Waals surface area contributed by atoms with Gasteiger partial charge in [0.2, 0.25) is 11.8 Å². The fourth-order valence-corrected chi connectivity index (χ4v) is 3.66. The maximum atomic E-state index is 13.3. The van der Waals surface area contributed by atoms with Crippen molar-refractivity contribution in [3.8, 4) is 0 Å². The number of nitrogens with zero attached hydrogens (tertiary/aromatic N) is 1. The summed E-state index contributed by atoms with van der Waals surface area (Å²) in [7, 11) is 0. The fourth-order valence-electron chi connectivity index (χ4n) is 3.18. The van der Waals surface area contributed by atoms with Crippen LogP contribution in [0.2, 0.25) is 10.0 Å². The third kappa shape index (κ3) is 6.75. The second-order valence-electron chi connectivity index (χ2n) is 7.66. The Hall–Kier alpha value is -2.04. The predicted molar refractivity (Wildman–Crippen MR) is 124 cm³/mol. The third-order valence-electron chi connectivity index (χ3n) is 5.22. The van der Waals surface area contributed by atoms with Gasteiger partial charge in [-0.15, -0.1) is 0 Å².